The number of rotatable bonds is 4. The molecule has 39 heavy (non-hydrogen) atoms. The average molecular weight is 601 g/mol. The molecule has 0 unspecified atom stereocenters. The number of fused-ring (bicyclic) bond motifs is 5. The van der Waals surface area contributed by atoms with Crippen LogP contribution in [0.3, 0.4) is 0 Å². The third-order valence-electron chi connectivity index (χ3n) is 9.96. The van der Waals surface area contributed by atoms with Gasteiger partial charge in [0.1, 0.15) is 14.9 Å². The van der Waals surface area contributed by atoms with Gasteiger partial charge in [-0.1, -0.05) is 19.4 Å². The Hall–Kier alpha value is -1.89. The molecule has 4 aliphatic carbocycles. The third-order valence-corrected chi connectivity index (χ3v) is 13.2. The van der Waals surface area contributed by atoms with Crippen molar-refractivity contribution < 1.29 is 41.4 Å². The Morgan fingerprint density at radius 1 is 1.23 bits per heavy atom. The number of ketones is 1. The maximum atomic E-state index is 15.5. The van der Waals surface area contributed by atoms with Gasteiger partial charge in [0, 0.05) is 28.9 Å². The number of hydrogen-bond acceptors (Lipinski definition) is 8. The number of ether oxygens (including phenoxy) is 1. The maximum Gasteiger partial charge on any atom is 0.349 e. The molecule has 0 amide bonds. The lowest BCUT2D eigenvalue weighted by Gasteiger charge is -2.59. The fraction of sp³-hybridized carbons (Fsp3) is 0.593. The number of hydrogen-bond donors (Lipinski definition) is 2. The van der Waals surface area contributed by atoms with E-state index in [0.29, 0.717) is 24.8 Å². The molecule has 4 aliphatic rings. The zero-order valence-electron chi connectivity index (χ0n) is 21.9. The number of aliphatic hydroxyl groups excluding tert-OH is 1. The highest BCUT2D eigenvalue weighted by Crippen LogP contribution is 2.70. The number of carbonyl (C=O) groups excluding carboxylic acids is 3. The van der Waals surface area contributed by atoms with E-state index in [1.54, 1.807) is 13.8 Å². The van der Waals surface area contributed by atoms with Crippen LogP contribution in [-0.2, 0) is 24.2 Å². The van der Waals surface area contributed by atoms with Crippen molar-refractivity contribution in [3.63, 3.8) is 0 Å². The van der Waals surface area contributed by atoms with Crippen LogP contribution in [0.15, 0.2) is 39.6 Å². The SMILES string of the molecule is C[C@@H]1C[C@H]2[C@@H]3CCC4=CC(=O)C(F)=C(F)[C@]4(C)[C@H]3[C@@H](O)C[C@]2(C)[C@@]1(OC(=O)c1ccc(S(C)(=O)=O)s1)C(=O)S. The molecule has 3 fully saturated rings. The molecule has 0 radical (unpaired) electrons. The summed E-state index contributed by atoms with van der Waals surface area (Å²) in [6, 6.07) is 2.63. The third kappa shape index (κ3) is 3.80. The first-order valence-electron chi connectivity index (χ1n) is 12.8. The van der Waals surface area contributed by atoms with Crippen LogP contribution in [0.2, 0.25) is 0 Å². The van der Waals surface area contributed by atoms with Gasteiger partial charge in [0.05, 0.1) is 6.10 Å². The fourth-order valence-corrected chi connectivity index (χ4v) is 10.6. The second-order valence-corrected chi connectivity index (χ2v) is 15.6. The minimum atomic E-state index is -3.56. The van der Waals surface area contributed by atoms with Crippen molar-refractivity contribution in [2.24, 2.45) is 34.5 Å². The summed E-state index contributed by atoms with van der Waals surface area (Å²) in [6.45, 7) is 5.05. The molecule has 5 rings (SSSR count). The van der Waals surface area contributed by atoms with Crippen LogP contribution < -0.4 is 0 Å². The van der Waals surface area contributed by atoms with E-state index in [0.717, 1.165) is 23.7 Å². The Kier molecular flexibility index (Phi) is 6.65. The lowest BCUT2D eigenvalue weighted by molar-refractivity contribution is -0.178. The largest absolute Gasteiger partial charge is 0.445 e. The van der Waals surface area contributed by atoms with E-state index in [-0.39, 0.29) is 27.3 Å². The molecule has 1 N–H and O–H groups in total. The van der Waals surface area contributed by atoms with E-state index >= 15 is 4.39 Å². The van der Waals surface area contributed by atoms with Gasteiger partial charge in [-0.05, 0) is 62.7 Å². The van der Waals surface area contributed by atoms with Gasteiger partial charge in [0.15, 0.2) is 15.4 Å². The van der Waals surface area contributed by atoms with Gasteiger partial charge in [-0.25, -0.2) is 17.6 Å². The summed E-state index contributed by atoms with van der Waals surface area (Å²) in [6.07, 6.45) is 2.12. The zero-order valence-corrected chi connectivity index (χ0v) is 24.4. The van der Waals surface area contributed by atoms with Crippen LogP contribution in [-0.4, -0.2) is 48.4 Å². The molecular formula is C27H30F2O7S3. The van der Waals surface area contributed by atoms with Crippen molar-refractivity contribution in [2.45, 2.75) is 62.4 Å². The molecule has 0 aliphatic heterocycles. The molecule has 8 atom stereocenters. The maximum absolute atomic E-state index is 15.5. The van der Waals surface area contributed by atoms with E-state index in [2.05, 4.69) is 12.6 Å². The molecule has 1 aromatic rings. The molecule has 0 saturated heterocycles. The van der Waals surface area contributed by atoms with Crippen LogP contribution in [0.25, 0.3) is 0 Å². The van der Waals surface area contributed by atoms with Crippen molar-refractivity contribution in [3.8, 4) is 0 Å². The first-order valence-corrected chi connectivity index (χ1v) is 15.9. The summed E-state index contributed by atoms with van der Waals surface area (Å²) in [7, 11) is -3.56. The predicted octanol–water partition coefficient (Wildman–Crippen LogP) is 4.62. The normalized spacial score (nSPS) is 39.9. The highest BCUT2D eigenvalue weighted by molar-refractivity contribution is 7.96. The van der Waals surface area contributed by atoms with Crippen LogP contribution in [0.4, 0.5) is 8.78 Å². The molecule has 12 heteroatoms. The summed E-state index contributed by atoms with van der Waals surface area (Å²) < 4.78 is 59.9. The second-order valence-electron chi connectivity index (χ2n) is 11.8. The Morgan fingerprint density at radius 3 is 2.49 bits per heavy atom. The molecule has 1 aromatic heterocycles. The van der Waals surface area contributed by atoms with Crippen LogP contribution in [0, 0.1) is 34.5 Å². The number of allylic oxidation sites excluding steroid dienone is 4. The topological polar surface area (TPSA) is 115 Å². The molecule has 3 saturated carbocycles. The van der Waals surface area contributed by atoms with Crippen molar-refractivity contribution in [2.75, 3.05) is 6.26 Å². The van der Waals surface area contributed by atoms with Gasteiger partial charge < -0.3 is 9.84 Å². The molecular weight excluding hydrogens is 570 g/mol. The highest BCUT2D eigenvalue weighted by atomic mass is 32.2. The van der Waals surface area contributed by atoms with Crippen LogP contribution >= 0.6 is 24.0 Å². The summed E-state index contributed by atoms with van der Waals surface area (Å²) >= 11 is 4.91. The average Bonchev–Trinajstić information content (AvgIpc) is 3.42. The predicted molar refractivity (Wildman–Crippen MR) is 142 cm³/mol. The summed E-state index contributed by atoms with van der Waals surface area (Å²) in [5.41, 5.74) is -3.91. The van der Waals surface area contributed by atoms with Gasteiger partial charge in [-0.2, -0.15) is 4.39 Å². The molecule has 7 nitrogen and oxygen atoms in total. The summed E-state index contributed by atoms with van der Waals surface area (Å²) in [4.78, 5) is 38.7. The van der Waals surface area contributed by atoms with Gasteiger partial charge in [0.2, 0.25) is 16.7 Å². The Morgan fingerprint density at radius 2 is 1.90 bits per heavy atom. The Labute approximate surface area is 235 Å². The van der Waals surface area contributed by atoms with Crippen molar-refractivity contribution in [1.29, 1.82) is 0 Å². The molecule has 212 valence electrons. The van der Waals surface area contributed by atoms with Crippen molar-refractivity contribution in [1.82, 2.24) is 0 Å². The zero-order chi connectivity index (χ0) is 28.9. The van der Waals surface area contributed by atoms with E-state index in [1.165, 1.54) is 19.1 Å². The number of aliphatic hydroxyl groups is 1. The smallest absolute Gasteiger partial charge is 0.349 e. The van der Waals surface area contributed by atoms with E-state index in [9.17, 15) is 32.3 Å². The fourth-order valence-electron chi connectivity index (χ4n) is 8.29. The monoisotopic (exact) mass is 600 g/mol. The Bertz CT molecular complexity index is 1460. The van der Waals surface area contributed by atoms with E-state index in [1.807, 2.05) is 0 Å². The Balaban J connectivity index is 1.56. The van der Waals surface area contributed by atoms with Crippen LogP contribution in [0.1, 0.15) is 56.1 Å². The second kappa shape index (κ2) is 9.06. The number of carbonyl (C=O) groups is 3. The minimum Gasteiger partial charge on any atom is -0.445 e. The molecule has 1 heterocycles. The first-order chi connectivity index (χ1) is 18.0. The summed E-state index contributed by atoms with van der Waals surface area (Å²) in [5, 5.41) is 10.9. The number of thiophene rings is 1. The first kappa shape index (κ1) is 28.6. The standard InChI is InChI=1S/C27H30F2O7S3/c1-12-9-15-14-6-5-13-10-16(30)21(28)22(29)26(13,3)20(14)17(31)11-25(15,2)27(12,24(33)37)36-23(32)18-7-8-19(38-18)39(4,34)35/h7-8,10,12,14-15,17,20,31H,5-6,9,11H2,1-4H3,(H,33,37)/t12-,14+,15+,17+,20-,25+,26+,27+/m1/s1. The lowest BCUT2D eigenvalue weighted by Crippen LogP contribution is -2.63. The molecule has 0 aromatic carbocycles. The van der Waals surface area contributed by atoms with Gasteiger partial charge in [0.25, 0.3) is 0 Å². The highest BCUT2D eigenvalue weighted by Gasteiger charge is 2.73. The van der Waals surface area contributed by atoms with Crippen molar-refractivity contribution >= 4 is 50.7 Å². The van der Waals surface area contributed by atoms with Gasteiger partial charge in [-0.3, -0.25) is 9.59 Å². The number of esters is 1. The quantitative estimate of drug-likeness (QED) is 0.383. The number of sulfone groups is 1. The number of thiol groups is 1. The number of halogens is 2. The lowest BCUT2D eigenvalue weighted by atomic mass is 9.46. The van der Waals surface area contributed by atoms with E-state index < -0.39 is 72.7 Å². The summed E-state index contributed by atoms with van der Waals surface area (Å²) in [5.74, 6) is -6.45. The van der Waals surface area contributed by atoms with Crippen LogP contribution in [0.5, 0.6) is 0 Å². The minimum absolute atomic E-state index is 0.00683. The van der Waals surface area contributed by atoms with E-state index in [4.69, 9.17) is 4.74 Å². The molecule has 0 bridgehead atoms. The van der Waals surface area contributed by atoms with Gasteiger partial charge >= 0.3 is 5.97 Å². The van der Waals surface area contributed by atoms with Crippen molar-refractivity contribution in [3.05, 3.63) is 40.3 Å². The molecule has 0 spiro atoms. The van der Waals surface area contributed by atoms with Gasteiger partial charge in [-0.15, -0.1) is 24.0 Å².